The number of phenols is 1. The van der Waals surface area contributed by atoms with Crippen LogP contribution in [0.25, 0.3) is 33.5 Å². The quantitative estimate of drug-likeness (QED) is 0.178. The lowest BCUT2D eigenvalue weighted by Crippen LogP contribution is -2.36. The van der Waals surface area contributed by atoms with Gasteiger partial charge >= 0.3 is 0 Å². The van der Waals surface area contributed by atoms with Crippen molar-refractivity contribution in [1.82, 2.24) is 30.0 Å². The van der Waals surface area contributed by atoms with Crippen LogP contribution in [0.4, 0.5) is 0 Å². The van der Waals surface area contributed by atoms with Crippen molar-refractivity contribution < 1.29 is 9.90 Å². The van der Waals surface area contributed by atoms with E-state index in [4.69, 9.17) is 20.4 Å². The van der Waals surface area contributed by atoms with Crippen LogP contribution in [-0.2, 0) is 16.6 Å². The van der Waals surface area contributed by atoms with E-state index in [1.165, 1.54) is 4.80 Å². The smallest absolute Gasteiger partial charge is 0.186 e. The first-order valence-electron chi connectivity index (χ1n) is 17.6. The summed E-state index contributed by atoms with van der Waals surface area (Å²) in [6, 6.07) is 19.5. The highest BCUT2D eigenvalue weighted by Gasteiger charge is 2.41. The molecule has 0 saturated heterocycles. The van der Waals surface area contributed by atoms with Gasteiger partial charge < -0.3 is 5.11 Å². The number of fused-ring (bicyclic) bond motifs is 2. The molecule has 2 atom stereocenters. The fraction of sp³-hybridized carbons (Fsp3) is 0.488. The van der Waals surface area contributed by atoms with Gasteiger partial charge in [0.25, 0.3) is 0 Å². The Bertz CT molecular complexity index is 1980. The zero-order chi connectivity index (χ0) is 35.5. The minimum absolute atomic E-state index is 0.00799. The van der Waals surface area contributed by atoms with E-state index in [0.29, 0.717) is 24.2 Å². The Balaban J connectivity index is 1.46. The zero-order valence-corrected chi connectivity index (χ0v) is 30.9. The van der Waals surface area contributed by atoms with Crippen molar-refractivity contribution in [2.24, 2.45) is 28.1 Å². The molecule has 5 aromatic rings. The second-order valence-corrected chi connectivity index (χ2v) is 18.0. The van der Waals surface area contributed by atoms with Crippen molar-refractivity contribution in [3.8, 4) is 11.4 Å². The van der Waals surface area contributed by atoms with Crippen LogP contribution in [0.1, 0.15) is 99.6 Å². The van der Waals surface area contributed by atoms with E-state index in [-0.39, 0.29) is 45.0 Å². The molecule has 1 aliphatic rings. The fourth-order valence-corrected chi connectivity index (χ4v) is 8.35. The molecule has 0 amide bonds. The molecule has 2 heterocycles. The number of allylic oxidation sites excluding steroid dienone is 2. The molecule has 6 rings (SSSR count). The molecule has 0 saturated carbocycles. The van der Waals surface area contributed by atoms with Gasteiger partial charge in [-0.25, -0.2) is 0 Å². The minimum Gasteiger partial charge on any atom is -0.505 e. The van der Waals surface area contributed by atoms with E-state index in [1.54, 1.807) is 4.80 Å². The number of phenolic OH excluding ortho intramolecular Hbond substituents is 1. The van der Waals surface area contributed by atoms with Crippen LogP contribution >= 0.6 is 0 Å². The van der Waals surface area contributed by atoms with Crippen LogP contribution in [0.15, 0.2) is 66.7 Å². The molecule has 258 valence electrons. The van der Waals surface area contributed by atoms with Gasteiger partial charge in [-0.15, -0.1) is 30.0 Å². The third kappa shape index (κ3) is 7.34. The van der Waals surface area contributed by atoms with Gasteiger partial charge in [0, 0.05) is 5.92 Å². The van der Waals surface area contributed by atoms with Gasteiger partial charge in [0.15, 0.2) is 5.78 Å². The molecule has 1 aliphatic carbocycles. The summed E-state index contributed by atoms with van der Waals surface area (Å²) in [5.41, 5.74) is 5.69. The van der Waals surface area contributed by atoms with Crippen molar-refractivity contribution in [1.29, 1.82) is 0 Å². The molecule has 0 spiro atoms. The molecule has 2 aromatic heterocycles. The number of benzene rings is 3. The van der Waals surface area contributed by atoms with Crippen LogP contribution in [0.2, 0.25) is 0 Å². The number of aromatic nitrogens is 6. The van der Waals surface area contributed by atoms with Crippen molar-refractivity contribution in [2.75, 3.05) is 0 Å². The van der Waals surface area contributed by atoms with Crippen LogP contribution in [0, 0.1) is 28.1 Å². The number of nitrogens with zero attached hydrogens (tertiary/aromatic N) is 6. The summed E-state index contributed by atoms with van der Waals surface area (Å²) >= 11 is 0. The van der Waals surface area contributed by atoms with Gasteiger partial charge in [0.05, 0.1) is 0 Å². The monoisotopic (exact) mass is 660 g/mol. The normalized spacial score (nSPS) is 18.0. The first kappa shape index (κ1) is 34.5. The first-order valence-corrected chi connectivity index (χ1v) is 17.6. The molecule has 3 aromatic carbocycles. The summed E-state index contributed by atoms with van der Waals surface area (Å²) in [6.45, 7) is 22.6. The lowest BCUT2D eigenvalue weighted by Gasteiger charge is -2.41. The second kappa shape index (κ2) is 12.2. The number of carbonyl (C=O) groups is 1. The maximum atomic E-state index is 14.5. The first-order chi connectivity index (χ1) is 22.8. The standard InChI is InChI=1S/C41H52N6O2/c1-38(2,3)24-40(7,8)28-20-26(36(48)34(22-28)46-42-30-15-11-12-16-31(30)43-46)19-27-21-29(41(9,10)25-39(4,5)6)23-35(37(27)49)47-44-32-17-13-14-18-33(32)45-47/h11-18,20,22-23,27,29,48H,19,21,24-25H2,1-10H3. The SMILES string of the molecule is CC(C)(C)CC(C)(C)c1cc(CC2CC(C(C)(C)CC(C)(C)C)C=C(n3nc4ccccc4n3)C2=O)c(O)c(-n2nc3ccccc3n2)c1. The third-order valence-electron chi connectivity index (χ3n) is 9.90. The van der Waals surface area contributed by atoms with E-state index >= 15 is 0 Å². The lowest BCUT2D eigenvalue weighted by atomic mass is 9.64. The van der Waals surface area contributed by atoms with Crippen molar-refractivity contribution >= 4 is 33.5 Å². The highest BCUT2D eigenvalue weighted by Crippen LogP contribution is 2.47. The topological polar surface area (TPSA) is 98.7 Å². The second-order valence-electron chi connectivity index (χ2n) is 18.0. The molecule has 0 aliphatic heterocycles. The molecule has 0 bridgehead atoms. The van der Waals surface area contributed by atoms with Crippen LogP contribution < -0.4 is 0 Å². The summed E-state index contributed by atoms with van der Waals surface area (Å²) in [7, 11) is 0. The van der Waals surface area contributed by atoms with Gasteiger partial charge in [-0.2, -0.15) is 0 Å². The summed E-state index contributed by atoms with van der Waals surface area (Å²) in [4.78, 5) is 17.6. The Morgan fingerprint density at radius 1 is 0.714 bits per heavy atom. The summed E-state index contributed by atoms with van der Waals surface area (Å²) in [5.74, 6) is -0.194. The zero-order valence-electron chi connectivity index (χ0n) is 30.9. The molecule has 8 nitrogen and oxygen atoms in total. The maximum Gasteiger partial charge on any atom is 0.186 e. The predicted octanol–water partition coefficient (Wildman–Crippen LogP) is 9.34. The van der Waals surface area contributed by atoms with Crippen molar-refractivity contribution in [2.45, 2.75) is 100 Å². The maximum absolute atomic E-state index is 14.5. The van der Waals surface area contributed by atoms with Crippen molar-refractivity contribution in [3.05, 3.63) is 77.9 Å². The molecule has 8 heteroatoms. The van der Waals surface area contributed by atoms with Gasteiger partial charge in [0.1, 0.15) is 39.2 Å². The van der Waals surface area contributed by atoms with E-state index in [2.05, 4.69) is 81.4 Å². The Hall–Kier alpha value is -4.33. The predicted molar refractivity (Wildman–Crippen MR) is 198 cm³/mol. The van der Waals surface area contributed by atoms with Gasteiger partial charge in [-0.1, -0.05) is 99.6 Å². The van der Waals surface area contributed by atoms with E-state index in [1.807, 2.05) is 54.6 Å². The molecule has 0 fully saturated rings. The number of carbonyl (C=O) groups excluding carboxylic acids is 1. The van der Waals surface area contributed by atoms with E-state index in [9.17, 15) is 9.90 Å². The number of rotatable bonds is 8. The molecule has 49 heavy (non-hydrogen) atoms. The number of ketones is 1. The van der Waals surface area contributed by atoms with Crippen LogP contribution in [-0.4, -0.2) is 40.9 Å². The highest BCUT2D eigenvalue weighted by atomic mass is 16.3. The molecule has 2 unspecified atom stereocenters. The Kier molecular flexibility index (Phi) is 8.61. The average Bonchev–Trinajstić information content (AvgIpc) is 3.61. The molecule has 0 radical (unpaired) electrons. The Labute approximate surface area is 290 Å². The lowest BCUT2D eigenvalue weighted by molar-refractivity contribution is -0.119. The van der Waals surface area contributed by atoms with E-state index in [0.717, 1.165) is 46.0 Å². The summed E-state index contributed by atoms with van der Waals surface area (Å²) in [6.07, 6.45) is 5.05. The van der Waals surface area contributed by atoms with Gasteiger partial charge in [-0.3, -0.25) is 4.79 Å². The summed E-state index contributed by atoms with van der Waals surface area (Å²) < 4.78 is 0. The van der Waals surface area contributed by atoms with Crippen molar-refractivity contribution in [3.63, 3.8) is 0 Å². The number of hydrogen-bond donors (Lipinski definition) is 1. The Morgan fingerprint density at radius 2 is 1.20 bits per heavy atom. The average molecular weight is 661 g/mol. The number of hydrogen-bond acceptors (Lipinski definition) is 6. The van der Waals surface area contributed by atoms with Gasteiger partial charge in [0.2, 0.25) is 0 Å². The molecule has 1 N–H and O–H groups in total. The minimum atomic E-state index is -0.386. The largest absolute Gasteiger partial charge is 0.505 e. The number of Topliss-reactive ketones (excluding diaryl/α,β-unsaturated/α-hetero) is 1. The highest BCUT2D eigenvalue weighted by molar-refractivity contribution is 6.16. The summed E-state index contributed by atoms with van der Waals surface area (Å²) in [5, 5.41) is 31.0. The van der Waals surface area contributed by atoms with Crippen LogP contribution in [0.3, 0.4) is 0 Å². The molecular weight excluding hydrogens is 608 g/mol. The van der Waals surface area contributed by atoms with Gasteiger partial charge in [-0.05, 0) is 101 Å². The number of aromatic hydroxyl groups is 1. The third-order valence-corrected chi connectivity index (χ3v) is 9.90. The fourth-order valence-electron chi connectivity index (χ4n) is 8.35. The Morgan fingerprint density at radius 3 is 1.69 bits per heavy atom. The molecular formula is C41H52N6O2. The van der Waals surface area contributed by atoms with Crippen LogP contribution in [0.5, 0.6) is 5.75 Å². The van der Waals surface area contributed by atoms with E-state index < -0.39 is 0 Å².